The molecule has 0 aliphatic carbocycles. The topological polar surface area (TPSA) is 0 Å². The Kier molecular flexibility index (Phi) is 8.79. The lowest BCUT2D eigenvalue weighted by Gasteiger charge is -2.14. The van der Waals surface area contributed by atoms with Crippen LogP contribution in [0.5, 0.6) is 0 Å². The highest BCUT2D eigenvalue weighted by Gasteiger charge is 1.98. The molecule has 0 aromatic carbocycles. The van der Waals surface area contributed by atoms with Gasteiger partial charge in [0, 0.05) is 0 Å². The summed E-state index contributed by atoms with van der Waals surface area (Å²) in [5.74, 6) is 5.80. The maximum atomic E-state index is 2.37. The summed E-state index contributed by atoms with van der Waals surface area (Å²) in [4.78, 5) is 0. The number of hydrogen-bond donors (Lipinski definition) is 0. The Bertz CT molecular complexity index is 123. The molecule has 0 bridgehead atoms. The first-order valence-corrected chi connectivity index (χ1v) is 8.79. The average molecular weight is 208 g/mol. The molecule has 0 N–H and O–H groups in total. The Morgan fingerprint density at radius 1 is 0.667 bits per heavy atom. The monoisotopic (exact) mass is 208 g/mol. The number of hydrogen-bond acceptors (Lipinski definition) is 0. The highest BCUT2D eigenvalue weighted by atomic mass is 32.9. The van der Waals surface area contributed by atoms with Crippen LogP contribution in [0.15, 0.2) is 0 Å². The van der Waals surface area contributed by atoms with Crippen molar-refractivity contribution in [3.05, 3.63) is 0 Å². The van der Waals surface area contributed by atoms with E-state index in [-0.39, 0.29) is 0 Å². The Morgan fingerprint density at radius 3 is 1.17 bits per heavy atom. The molecular formula is C10H24S2. The molecule has 0 fully saturated rings. The van der Waals surface area contributed by atoms with Crippen molar-refractivity contribution in [2.45, 2.75) is 40.5 Å². The van der Waals surface area contributed by atoms with Crippen molar-refractivity contribution in [2.75, 3.05) is 23.0 Å². The zero-order chi connectivity index (χ0) is 9.40. The fourth-order valence-corrected chi connectivity index (χ4v) is 8.35. The minimum absolute atomic E-state index is 0.759. The third-order valence-corrected chi connectivity index (χ3v) is 9.94. The lowest BCUT2D eigenvalue weighted by molar-refractivity contribution is 1.10. The quantitative estimate of drug-likeness (QED) is 0.629. The molecule has 2 heteroatoms. The molecule has 2 unspecified atom stereocenters. The second-order valence-electron chi connectivity index (χ2n) is 2.87. The van der Waals surface area contributed by atoms with Crippen LogP contribution in [0, 0.1) is 0 Å². The van der Waals surface area contributed by atoms with Gasteiger partial charge in [0.25, 0.3) is 0 Å². The van der Waals surface area contributed by atoms with Gasteiger partial charge in [-0.1, -0.05) is 27.7 Å². The summed E-state index contributed by atoms with van der Waals surface area (Å²) in [5, 5.41) is 0. The lowest BCUT2D eigenvalue weighted by Crippen LogP contribution is -2.12. The maximum Gasteiger partial charge on any atom is -0.00703 e. The summed E-state index contributed by atoms with van der Waals surface area (Å²) in [7, 11) is 1.52. The average Bonchev–Trinajstić information content (AvgIpc) is 2.11. The molecule has 2 atom stereocenters. The Labute approximate surface area is 82.7 Å². The van der Waals surface area contributed by atoms with Crippen molar-refractivity contribution in [3.8, 4) is 0 Å². The van der Waals surface area contributed by atoms with E-state index in [1.165, 1.54) is 35.9 Å². The van der Waals surface area contributed by atoms with E-state index >= 15 is 0 Å². The highest BCUT2D eigenvalue weighted by molar-refractivity contribution is 8.44. The van der Waals surface area contributed by atoms with E-state index < -0.39 is 0 Å². The maximum absolute atomic E-state index is 2.37. The Hall–Kier alpha value is 0.700. The summed E-state index contributed by atoms with van der Waals surface area (Å²) >= 11 is 0. The Morgan fingerprint density at radius 2 is 1.00 bits per heavy atom. The van der Waals surface area contributed by atoms with Crippen LogP contribution in [0.4, 0.5) is 0 Å². The third-order valence-electron chi connectivity index (χ3n) is 1.84. The smallest absolute Gasteiger partial charge is 0.00703 e. The summed E-state index contributed by atoms with van der Waals surface area (Å²) in [6, 6.07) is 0. The predicted molar refractivity (Wildman–Crippen MR) is 66.1 cm³/mol. The normalized spacial score (nSPS) is 16.0. The SMILES string of the molecule is CCC/S(CC)=S(\CC)CCC. The van der Waals surface area contributed by atoms with Crippen molar-refractivity contribution in [1.29, 1.82) is 0 Å². The van der Waals surface area contributed by atoms with Crippen LogP contribution in [-0.4, -0.2) is 23.0 Å². The van der Waals surface area contributed by atoms with Gasteiger partial charge in [-0.2, -0.15) is 18.9 Å². The molecule has 0 aromatic heterocycles. The molecule has 12 heavy (non-hydrogen) atoms. The number of rotatable bonds is 6. The van der Waals surface area contributed by atoms with Crippen molar-refractivity contribution >= 4 is 18.9 Å². The molecule has 0 spiro atoms. The highest BCUT2D eigenvalue weighted by Crippen LogP contribution is 2.01. The first-order valence-electron chi connectivity index (χ1n) is 5.15. The molecule has 0 amide bonds. The van der Waals surface area contributed by atoms with Gasteiger partial charge >= 0.3 is 0 Å². The first kappa shape index (κ1) is 12.7. The summed E-state index contributed by atoms with van der Waals surface area (Å²) in [6.45, 7) is 9.37. The van der Waals surface area contributed by atoms with Crippen LogP contribution in [-0.2, 0) is 18.9 Å². The van der Waals surface area contributed by atoms with Gasteiger partial charge in [-0.3, -0.25) is 0 Å². The fourth-order valence-electron chi connectivity index (χ4n) is 1.31. The van der Waals surface area contributed by atoms with Gasteiger partial charge in [0.2, 0.25) is 0 Å². The molecule has 0 aliphatic heterocycles. The van der Waals surface area contributed by atoms with Gasteiger partial charge in [-0.15, -0.1) is 0 Å². The fraction of sp³-hybridized carbons (Fsp3) is 1.00. The van der Waals surface area contributed by atoms with Crippen molar-refractivity contribution in [3.63, 3.8) is 0 Å². The molecular weight excluding hydrogens is 184 g/mol. The third kappa shape index (κ3) is 4.66. The van der Waals surface area contributed by atoms with Crippen molar-refractivity contribution in [2.24, 2.45) is 0 Å². The van der Waals surface area contributed by atoms with Crippen LogP contribution in [0.3, 0.4) is 0 Å². The van der Waals surface area contributed by atoms with E-state index in [0.29, 0.717) is 0 Å². The molecule has 0 saturated carbocycles. The van der Waals surface area contributed by atoms with Gasteiger partial charge in [0.15, 0.2) is 0 Å². The van der Waals surface area contributed by atoms with Crippen LogP contribution in [0.2, 0.25) is 0 Å². The van der Waals surface area contributed by atoms with Crippen LogP contribution < -0.4 is 0 Å². The lowest BCUT2D eigenvalue weighted by atomic mass is 10.6. The summed E-state index contributed by atoms with van der Waals surface area (Å²) in [5.41, 5.74) is 0. The largest absolute Gasteiger partial charge is 0.162 e. The van der Waals surface area contributed by atoms with Gasteiger partial charge in [0.05, 0.1) is 0 Å². The van der Waals surface area contributed by atoms with E-state index in [1.807, 2.05) is 0 Å². The van der Waals surface area contributed by atoms with Crippen molar-refractivity contribution in [1.82, 2.24) is 0 Å². The van der Waals surface area contributed by atoms with E-state index in [2.05, 4.69) is 27.7 Å². The summed E-state index contributed by atoms with van der Waals surface area (Å²) in [6.07, 6.45) is 2.76. The first-order chi connectivity index (χ1) is 5.79. The van der Waals surface area contributed by atoms with Gasteiger partial charge < -0.3 is 0 Å². The van der Waals surface area contributed by atoms with E-state index in [1.54, 1.807) is 0 Å². The molecule has 0 rings (SSSR count). The molecule has 0 radical (unpaired) electrons. The van der Waals surface area contributed by atoms with Crippen molar-refractivity contribution < 1.29 is 0 Å². The van der Waals surface area contributed by atoms with E-state index in [9.17, 15) is 0 Å². The second kappa shape index (κ2) is 8.31. The molecule has 0 saturated heterocycles. The molecule has 0 aromatic rings. The standard InChI is InChI=1S/C10H24S2/c1-5-9-11(7-3)12(8-4)10-6-2/h5-10H2,1-4H3. The van der Waals surface area contributed by atoms with Crippen LogP contribution in [0.25, 0.3) is 0 Å². The molecule has 0 heterocycles. The molecule has 0 aliphatic rings. The van der Waals surface area contributed by atoms with Crippen LogP contribution >= 0.6 is 0 Å². The molecule has 0 nitrogen and oxygen atoms in total. The van der Waals surface area contributed by atoms with E-state index in [0.717, 1.165) is 18.9 Å². The molecule has 76 valence electrons. The second-order valence-corrected chi connectivity index (χ2v) is 9.42. The van der Waals surface area contributed by atoms with Gasteiger partial charge in [0.1, 0.15) is 0 Å². The van der Waals surface area contributed by atoms with Gasteiger partial charge in [-0.05, 0) is 35.9 Å². The minimum Gasteiger partial charge on any atom is -0.162 e. The van der Waals surface area contributed by atoms with Gasteiger partial charge in [-0.25, -0.2) is 0 Å². The zero-order valence-corrected chi connectivity index (χ0v) is 10.7. The van der Waals surface area contributed by atoms with E-state index in [4.69, 9.17) is 0 Å². The zero-order valence-electron chi connectivity index (χ0n) is 9.06. The Balaban J connectivity index is 4.26. The van der Waals surface area contributed by atoms with Crippen LogP contribution in [0.1, 0.15) is 40.5 Å². The predicted octanol–water partition coefficient (Wildman–Crippen LogP) is 3.00. The minimum atomic E-state index is 0.759. The summed E-state index contributed by atoms with van der Waals surface area (Å²) < 4.78 is 0.